The summed E-state index contributed by atoms with van der Waals surface area (Å²) in [6.07, 6.45) is 0. The van der Waals surface area contributed by atoms with E-state index in [1.54, 1.807) is 32.9 Å². The lowest BCUT2D eigenvalue weighted by atomic mass is 10.2. The van der Waals surface area contributed by atoms with Gasteiger partial charge in [-0.05, 0) is 30.7 Å². The van der Waals surface area contributed by atoms with Gasteiger partial charge in [-0.2, -0.15) is 9.40 Å². The van der Waals surface area contributed by atoms with Crippen molar-refractivity contribution >= 4 is 21.6 Å². The monoisotopic (exact) mass is 378 g/mol. The van der Waals surface area contributed by atoms with Crippen LogP contribution in [0.3, 0.4) is 0 Å². The Labute approximate surface area is 152 Å². The molecule has 1 N–H and O–H groups in total. The number of rotatable bonds is 6. The van der Waals surface area contributed by atoms with E-state index in [4.69, 9.17) is 0 Å². The van der Waals surface area contributed by atoms with Gasteiger partial charge in [0.25, 0.3) is 11.5 Å². The molecule has 9 heteroatoms. The van der Waals surface area contributed by atoms with E-state index in [1.165, 1.54) is 29.6 Å². The Balaban J connectivity index is 2.36. The molecule has 0 aliphatic rings. The summed E-state index contributed by atoms with van der Waals surface area (Å²) in [7, 11) is -2.20. The van der Waals surface area contributed by atoms with Crippen molar-refractivity contribution in [3.05, 3.63) is 51.9 Å². The van der Waals surface area contributed by atoms with Crippen molar-refractivity contribution in [2.24, 2.45) is 7.05 Å². The van der Waals surface area contributed by atoms with Gasteiger partial charge in [0.1, 0.15) is 5.69 Å². The molecule has 0 atom stereocenters. The molecule has 0 unspecified atom stereocenters. The van der Waals surface area contributed by atoms with Crippen LogP contribution in [0.2, 0.25) is 0 Å². The average molecular weight is 378 g/mol. The number of hydrogen-bond donors (Lipinski definition) is 1. The van der Waals surface area contributed by atoms with Gasteiger partial charge >= 0.3 is 0 Å². The first-order valence-corrected chi connectivity index (χ1v) is 9.61. The van der Waals surface area contributed by atoms with Crippen LogP contribution in [0.15, 0.2) is 40.0 Å². The molecule has 26 heavy (non-hydrogen) atoms. The number of anilines is 1. The summed E-state index contributed by atoms with van der Waals surface area (Å²) in [6, 6.07) is 7.26. The van der Waals surface area contributed by atoms with Crippen molar-refractivity contribution in [1.82, 2.24) is 14.1 Å². The van der Waals surface area contributed by atoms with Crippen molar-refractivity contribution < 1.29 is 13.2 Å². The molecule has 2 aromatic rings. The zero-order valence-electron chi connectivity index (χ0n) is 15.2. The first-order chi connectivity index (χ1) is 12.2. The maximum Gasteiger partial charge on any atom is 0.276 e. The average Bonchev–Trinajstić information content (AvgIpc) is 2.59. The minimum absolute atomic E-state index is 0.0563. The third-order valence-corrected chi connectivity index (χ3v) is 6.15. The topological polar surface area (TPSA) is 101 Å². The van der Waals surface area contributed by atoms with E-state index in [0.29, 0.717) is 24.3 Å². The molecule has 140 valence electrons. The summed E-state index contributed by atoms with van der Waals surface area (Å²) in [5.41, 5.74) is 0.655. The number of carbonyl (C=O) groups is 1. The molecule has 1 aromatic carbocycles. The second kappa shape index (κ2) is 7.79. The molecule has 0 aliphatic carbocycles. The first kappa shape index (κ1) is 19.8. The Bertz CT molecular complexity index is 978. The Kier molecular flexibility index (Phi) is 5.94. The number of hydrogen-bond acceptors (Lipinski definition) is 5. The van der Waals surface area contributed by atoms with E-state index in [9.17, 15) is 18.0 Å². The van der Waals surface area contributed by atoms with Crippen LogP contribution in [0.25, 0.3) is 0 Å². The largest absolute Gasteiger partial charge is 0.321 e. The molecule has 8 nitrogen and oxygen atoms in total. The maximum atomic E-state index is 12.8. The molecule has 0 saturated heterocycles. The number of nitrogens with one attached hydrogen (secondary N) is 1. The fourth-order valence-corrected chi connectivity index (χ4v) is 4.19. The third kappa shape index (κ3) is 4.00. The fraction of sp³-hybridized carbons (Fsp3) is 0.353. The van der Waals surface area contributed by atoms with Gasteiger partial charge in [0.05, 0.1) is 4.90 Å². The van der Waals surface area contributed by atoms with Gasteiger partial charge in [-0.3, -0.25) is 9.59 Å². The smallest absolute Gasteiger partial charge is 0.276 e. The molecule has 1 heterocycles. The zero-order chi connectivity index (χ0) is 19.5. The van der Waals surface area contributed by atoms with Crippen LogP contribution >= 0.6 is 0 Å². The van der Waals surface area contributed by atoms with Gasteiger partial charge in [0.15, 0.2) is 0 Å². The van der Waals surface area contributed by atoms with E-state index >= 15 is 0 Å². The number of sulfonamides is 1. The Hall–Kier alpha value is -2.52. The van der Waals surface area contributed by atoms with Crippen LogP contribution in [-0.4, -0.2) is 41.5 Å². The number of carbonyl (C=O) groups excluding carboxylic acids is 1. The number of amides is 1. The van der Waals surface area contributed by atoms with Gasteiger partial charge in [-0.1, -0.05) is 19.9 Å². The molecule has 0 spiro atoms. The zero-order valence-corrected chi connectivity index (χ0v) is 16.0. The van der Waals surface area contributed by atoms with Gasteiger partial charge in [0, 0.05) is 31.9 Å². The molecule has 1 aromatic heterocycles. The number of benzene rings is 1. The minimum Gasteiger partial charge on any atom is -0.321 e. The van der Waals surface area contributed by atoms with Gasteiger partial charge in [-0.15, -0.1) is 0 Å². The summed E-state index contributed by atoms with van der Waals surface area (Å²) in [5.74, 6) is -0.532. The summed E-state index contributed by atoms with van der Waals surface area (Å²) in [5, 5.41) is 6.50. The molecule has 0 fully saturated rings. The van der Waals surface area contributed by atoms with Crippen LogP contribution in [0.5, 0.6) is 0 Å². The molecule has 2 rings (SSSR count). The third-order valence-electron chi connectivity index (χ3n) is 3.96. The maximum absolute atomic E-state index is 12.8. The van der Waals surface area contributed by atoms with Gasteiger partial charge in [0.2, 0.25) is 10.0 Å². The molecule has 0 radical (unpaired) electrons. The van der Waals surface area contributed by atoms with Crippen molar-refractivity contribution in [2.75, 3.05) is 18.4 Å². The van der Waals surface area contributed by atoms with Gasteiger partial charge in [-0.25, -0.2) is 13.1 Å². The summed E-state index contributed by atoms with van der Waals surface area (Å²) >= 11 is 0. The number of nitrogens with zero attached hydrogens (tertiary/aromatic N) is 3. The Morgan fingerprint density at radius 2 is 1.85 bits per heavy atom. The van der Waals surface area contributed by atoms with Crippen LogP contribution < -0.4 is 10.9 Å². The van der Waals surface area contributed by atoms with E-state index < -0.39 is 15.9 Å². The Morgan fingerprint density at radius 1 is 1.19 bits per heavy atom. The first-order valence-electron chi connectivity index (χ1n) is 8.17. The molecular weight excluding hydrogens is 356 g/mol. The van der Waals surface area contributed by atoms with E-state index in [0.717, 1.165) is 4.68 Å². The lowest BCUT2D eigenvalue weighted by Gasteiger charge is -2.20. The van der Waals surface area contributed by atoms with E-state index in [-0.39, 0.29) is 16.1 Å². The summed E-state index contributed by atoms with van der Waals surface area (Å²) in [6.45, 7) is 5.96. The minimum atomic E-state index is -3.65. The SMILES string of the molecule is CCN(CC)S(=O)(=O)c1cc(NC(=O)c2ccc(=O)n(C)n2)ccc1C. The molecule has 0 saturated carbocycles. The summed E-state index contributed by atoms with van der Waals surface area (Å²) < 4.78 is 27.9. The lowest BCUT2D eigenvalue weighted by molar-refractivity contribution is 0.102. The molecule has 1 amide bonds. The highest BCUT2D eigenvalue weighted by Gasteiger charge is 2.24. The lowest BCUT2D eigenvalue weighted by Crippen LogP contribution is -2.31. The standard InChI is InChI=1S/C17H22N4O4S/c1-5-21(6-2)26(24,25)15-11-13(8-7-12(15)3)18-17(23)14-9-10-16(22)20(4)19-14/h7-11H,5-6H2,1-4H3,(H,18,23). The second-order valence-corrected chi connectivity index (χ2v) is 7.61. The predicted octanol–water partition coefficient (Wildman–Crippen LogP) is 1.37. The predicted molar refractivity (Wildman–Crippen MR) is 98.7 cm³/mol. The number of aryl methyl sites for hydroxylation is 2. The van der Waals surface area contributed by atoms with E-state index in [2.05, 4.69) is 10.4 Å². The quantitative estimate of drug-likeness (QED) is 0.818. The highest BCUT2D eigenvalue weighted by molar-refractivity contribution is 7.89. The highest BCUT2D eigenvalue weighted by atomic mass is 32.2. The van der Waals surface area contributed by atoms with E-state index in [1.807, 2.05) is 0 Å². The number of aromatic nitrogens is 2. The molecular formula is C17H22N4O4S. The molecule has 0 bridgehead atoms. The summed E-state index contributed by atoms with van der Waals surface area (Å²) in [4.78, 5) is 23.8. The van der Waals surface area contributed by atoms with Crippen LogP contribution in [-0.2, 0) is 17.1 Å². The van der Waals surface area contributed by atoms with Crippen LogP contribution in [0.1, 0.15) is 29.9 Å². The second-order valence-electron chi connectivity index (χ2n) is 5.70. The van der Waals surface area contributed by atoms with Crippen molar-refractivity contribution in [3.8, 4) is 0 Å². The Morgan fingerprint density at radius 3 is 2.42 bits per heavy atom. The fourth-order valence-electron chi connectivity index (χ4n) is 2.48. The van der Waals surface area contributed by atoms with Crippen molar-refractivity contribution in [1.29, 1.82) is 0 Å². The van der Waals surface area contributed by atoms with Crippen molar-refractivity contribution in [2.45, 2.75) is 25.7 Å². The highest BCUT2D eigenvalue weighted by Crippen LogP contribution is 2.23. The van der Waals surface area contributed by atoms with Crippen LogP contribution in [0, 0.1) is 6.92 Å². The van der Waals surface area contributed by atoms with Crippen LogP contribution in [0.4, 0.5) is 5.69 Å². The van der Waals surface area contributed by atoms with Gasteiger partial charge < -0.3 is 5.32 Å². The normalized spacial score (nSPS) is 11.6. The molecule has 0 aliphatic heterocycles. The van der Waals surface area contributed by atoms with Crippen molar-refractivity contribution in [3.63, 3.8) is 0 Å².